The third kappa shape index (κ3) is 5.79. The molecule has 7 nitrogen and oxygen atoms in total. The number of para-hydroxylation sites is 1. The van der Waals surface area contributed by atoms with Gasteiger partial charge in [-0.2, -0.15) is 0 Å². The molecule has 0 radical (unpaired) electrons. The fourth-order valence-electron chi connectivity index (χ4n) is 3.14. The predicted octanol–water partition coefficient (Wildman–Crippen LogP) is 4.38. The van der Waals surface area contributed by atoms with Crippen molar-refractivity contribution in [1.29, 1.82) is 0 Å². The van der Waals surface area contributed by atoms with Crippen LogP contribution < -0.4 is 19.5 Å². The lowest BCUT2D eigenvalue weighted by Crippen LogP contribution is -2.21. The number of hydrogen-bond donors (Lipinski definition) is 2. The molecular formula is C24H26N2O5S. The highest BCUT2D eigenvalue weighted by Crippen LogP contribution is 2.23. The Balaban J connectivity index is 1.61. The fraction of sp³-hybridized carbons (Fsp3) is 0.208. The second-order valence-electron chi connectivity index (χ2n) is 7.11. The highest BCUT2D eigenvalue weighted by Gasteiger charge is 2.15. The predicted molar refractivity (Wildman–Crippen MR) is 125 cm³/mol. The Morgan fingerprint density at radius 1 is 0.969 bits per heavy atom. The average Bonchev–Trinajstić information content (AvgIpc) is 2.79. The molecule has 0 saturated heterocycles. The van der Waals surface area contributed by atoms with Crippen molar-refractivity contribution in [2.24, 2.45) is 0 Å². The Hall–Kier alpha value is -3.52. The highest BCUT2D eigenvalue weighted by atomic mass is 32.2. The van der Waals surface area contributed by atoms with Crippen LogP contribution in [0.15, 0.2) is 71.6 Å². The summed E-state index contributed by atoms with van der Waals surface area (Å²) in [7, 11) is -2.27. The molecule has 3 aromatic carbocycles. The minimum absolute atomic E-state index is 0.0737. The van der Waals surface area contributed by atoms with Crippen molar-refractivity contribution in [3.05, 3.63) is 77.9 Å². The first-order valence-electron chi connectivity index (χ1n) is 10.1. The second kappa shape index (κ2) is 10.2. The summed E-state index contributed by atoms with van der Waals surface area (Å²) in [5.41, 5.74) is 3.23. The number of aryl methyl sites for hydroxylation is 2. The van der Waals surface area contributed by atoms with Gasteiger partial charge in [-0.15, -0.1) is 0 Å². The first-order chi connectivity index (χ1) is 15.3. The maximum atomic E-state index is 12.6. The number of amides is 1. The number of carbonyl (C=O) groups is 1. The van der Waals surface area contributed by atoms with Crippen LogP contribution >= 0.6 is 0 Å². The molecule has 0 heterocycles. The van der Waals surface area contributed by atoms with Crippen molar-refractivity contribution in [2.45, 2.75) is 25.2 Å². The van der Waals surface area contributed by atoms with Gasteiger partial charge in [0.25, 0.3) is 15.9 Å². The van der Waals surface area contributed by atoms with Crippen LogP contribution in [-0.2, 0) is 21.2 Å². The maximum Gasteiger partial charge on any atom is 0.262 e. The lowest BCUT2D eigenvalue weighted by molar-refractivity contribution is -0.118. The van der Waals surface area contributed by atoms with Crippen LogP contribution in [0.1, 0.15) is 18.1 Å². The van der Waals surface area contributed by atoms with E-state index < -0.39 is 10.0 Å². The summed E-state index contributed by atoms with van der Waals surface area (Å²) in [5, 5.41) is 2.89. The van der Waals surface area contributed by atoms with Gasteiger partial charge in [-0.05, 0) is 60.9 Å². The molecule has 0 atom stereocenters. The van der Waals surface area contributed by atoms with Gasteiger partial charge >= 0.3 is 0 Å². The van der Waals surface area contributed by atoms with Crippen LogP contribution in [0.5, 0.6) is 11.5 Å². The molecule has 1 amide bonds. The highest BCUT2D eigenvalue weighted by molar-refractivity contribution is 7.92. The molecule has 0 aliphatic rings. The first kappa shape index (κ1) is 23.1. The summed E-state index contributed by atoms with van der Waals surface area (Å²) in [4.78, 5) is 12.4. The molecule has 0 fully saturated rings. The molecule has 3 rings (SSSR count). The molecule has 168 valence electrons. The van der Waals surface area contributed by atoms with Gasteiger partial charge in [-0.3, -0.25) is 9.52 Å². The van der Waals surface area contributed by atoms with Gasteiger partial charge < -0.3 is 14.8 Å². The Kier molecular flexibility index (Phi) is 7.37. The quantitative estimate of drug-likeness (QED) is 0.500. The average molecular weight is 455 g/mol. The molecule has 0 aliphatic heterocycles. The van der Waals surface area contributed by atoms with Crippen molar-refractivity contribution in [1.82, 2.24) is 0 Å². The number of benzene rings is 3. The van der Waals surface area contributed by atoms with E-state index in [1.54, 1.807) is 24.3 Å². The summed E-state index contributed by atoms with van der Waals surface area (Å²) in [6.07, 6.45) is 0.803. The smallest absolute Gasteiger partial charge is 0.262 e. The maximum absolute atomic E-state index is 12.6. The lowest BCUT2D eigenvalue weighted by Gasteiger charge is -2.13. The van der Waals surface area contributed by atoms with Gasteiger partial charge in [-0.25, -0.2) is 8.42 Å². The van der Waals surface area contributed by atoms with Crippen molar-refractivity contribution < 1.29 is 22.7 Å². The summed E-state index contributed by atoms with van der Waals surface area (Å²) < 4.78 is 38.4. The van der Waals surface area contributed by atoms with E-state index in [9.17, 15) is 13.2 Å². The monoisotopic (exact) mass is 454 g/mol. The minimum Gasteiger partial charge on any atom is -0.497 e. The zero-order valence-electron chi connectivity index (χ0n) is 18.2. The molecule has 2 N–H and O–H groups in total. The van der Waals surface area contributed by atoms with E-state index in [2.05, 4.69) is 10.0 Å². The van der Waals surface area contributed by atoms with E-state index in [1.165, 1.54) is 31.4 Å². The Labute approximate surface area is 188 Å². The molecule has 0 unspecified atom stereocenters. The first-order valence-corrected chi connectivity index (χ1v) is 11.6. The van der Waals surface area contributed by atoms with Gasteiger partial charge in [0, 0.05) is 11.8 Å². The molecule has 0 saturated carbocycles. The van der Waals surface area contributed by atoms with E-state index in [0.717, 1.165) is 23.2 Å². The largest absolute Gasteiger partial charge is 0.497 e. The number of sulfonamides is 1. The summed E-state index contributed by atoms with van der Waals surface area (Å²) in [6.45, 7) is 3.78. The zero-order valence-corrected chi connectivity index (χ0v) is 19.0. The molecular weight excluding hydrogens is 428 g/mol. The van der Waals surface area contributed by atoms with Crippen LogP contribution in [0, 0.1) is 6.92 Å². The number of nitrogens with one attached hydrogen (secondary N) is 2. The number of anilines is 2. The van der Waals surface area contributed by atoms with Crippen molar-refractivity contribution >= 4 is 27.3 Å². The Bertz CT molecular complexity index is 1190. The third-order valence-corrected chi connectivity index (χ3v) is 6.23. The summed E-state index contributed by atoms with van der Waals surface area (Å²) >= 11 is 0. The fourth-order valence-corrected chi connectivity index (χ4v) is 4.19. The van der Waals surface area contributed by atoms with Crippen LogP contribution in [-0.4, -0.2) is 28.0 Å². The van der Waals surface area contributed by atoms with Gasteiger partial charge in [-0.1, -0.05) is 31.2 Å². The van der Waals surface area contributed by atoms with E-state index in [1.807, 2.05) is 32.0 Å². The standard InChI is InChI=1S/C24H26N2O5S/c1-4-18-8-5-7-17(2)24(18)25-23(27)16-31-20-11-13-22(14-12-20)32(28,29)26-19-9-6-10-21(15-19)30-3/h5-15,26H,4,16H2,1-3H3,(H,25,27). The molecule has 0 aromatic heterocycles. The second-order valence-corrected chi connectivity index (χ2v) is 8.79. The van der Waals surface area contributed by atoms with Crippen LogP contribution in [0.2, 0.25) is 0 Å². The van der Waals surface area contributed by atoms with Crippen LogP contribution in [0.4, 0.5) is 11.4 Å². The SMILES string of the molecule is CCc1cccc(C)c1NC(=O)COc1ccc(S(=O)(=O)Nc2cccc(OC)c2)cc1. The molecule has 32 heavy (non-hydrogen) atoms. The van der Waals surface area contributed by atoms with Crippen molar-refractivity contribution in [3.8, 4) is 11.5 Å². The summed E-state index contributed by atoms with van der Waals surface area (Å²) in [6, 6.07) is 18.4. The molecule has 3 aromatic rings. The van der Waals surface area contributed by atoms with Gasteiger partial charge in [0.05, 0.1) is 17.7 Å². The molecule has 0 bridgehead atoms. The molecule has 0 spiro atoms. The van der Waals surface area contributed by atoms with E-state index in [-0.39, 0.29) is 17.4 Å². The topological polar surface area (TPSA) is 93.7 Å². The van der Waals surface area contributed by atoms with Gasteiger partial charge in [0.15, 0.2) is 6.61 Å². The number of carbonyl (C=O) groups excluding carboxylic acids is 1. The number of methoxy groups -OCH3 is 1. The molecule has 8 heteroatoms. The van der Waals surface area contributed by atoms with Crippen molar-refractivity contribution in [2.75, 3.05) is 23.8 Å². The third-order valence-electron chi connectivity index (χ3n) is 4.83. The minimum atomic E-state index is -3.78. The lowest BCUT2D eigenvalue weighted by atomic mass is 10.1. The molecule has 0 aliphatic carbocycles. The van der Waals surface area contributed by atoms with Crippen LogP contribution in [0.25, 0.3) is 0 Å². The van der Waals surface area contributed by atoms with Crippen molar-refractivity contribution in [3.63, 3.8) is 0 Å². The van der Waals surface area contributed by atoms with E-state index in [0.29, 0.717) is 17.2 Å². The van der Waals surface area contributed by atoms with Gasteiger partial charge in [0.1, 0.15) is 11.5 Å². The summed E-state index contributed by atoms with van der Waals surface area (Å²) in [5.74, 6) is 0.648. The normalized spacial score (nSPS) is 11.0. The van der Waals surface area contributed by atoms with E-state index in [4.69, 9.17) is 9.47 Å². The Morgan fingerprint density at radius 3 is 2.38 bits per heavy atom. The van der Waals surface area contributed by atoms with Gasteiger partial charge in [0.2, 0.25) is 0 Å². The van der Waals surface area contributed by atoms with Crippen LogP contribution in [0.3, 0.4) is 0 Å². The number of ether oxygens (including phenoxy) is 2. The Morgan fingerprint density at radius 2 is 1.69 bits per heavy atom. The number of rotatable bonds is 9. The number of hydrogen-bond acceptors (Lipinski definition) is 5. The zero-order chi connectivity index (χ0) is 23.1. The van der Waals surface area contributed by atoms with E-state index >= 15 is 0 Å².